The van der Waals surface area contributed by atoms with Gasteiger partial charge in [-0.1, -0.05) is 54.1 Å². The zero-order valence-corrected chi connectivity index (χ0v) is 15.8. The molecular formula is C20H19ClN4O2. The van der Waals surface area contributed by atoms with Crippen molar-refractivity contribution in [3.8, 4) is 0 Å². The van der Waals surface area contributed by atoms with E-state index in [9.17, 15) is 9.59 Å². The summed E-state index contributed by atoms with van der Waals surface area (Å²) in [6.45, 7) is 0.470. The van der Waals surface area contributed by atoms with E-state index in [-0.39, 0.29) is 17.5 Å². The summed E-state index contributed by atoms with van der Waals surface area (Å²) in [5.74, 6) is -0.177. The number of nitrogens with zero attached hydrogens (tertiary/aromatic N) is 3. The van der Waals surface area contributed by atoms with Crippen LogP contribution in [-0.4, -0.2) is 33.5 Å². The van der Waals surface area contributed by atoms with Crippen molar-refractivity contribution in [1.82, 2.24) is 14.7 Å². The van der Waals surface area contributed by atoms with E-state index in [0.29, 0.717) is 22.9 Å². The Kier molecular flexibility index (Phi) is 5.57. The summed E-state index contributed by atoms with van der Waals surface area (Å²) in [5.41, 5.74) is 1.64. The van der Waals surface area contributed by atoms with Crippen LogP contribution in [0.4, 0.5) is 5.82 Å². The van der Waals surface area contributed by atoms with Crippen LogP contribution in [-0.2, 0) is 13.6 Å². The van der Waals surface area contributed by atoms with E-state index in [1.54, 1.807) is 49.3 Å². The summed E-state index contributed by atoms with van der Waals surface area (Å²) in [6.07, 6.45) is 0. The Morgan fingerprint density at radius 1 is 1.11 bits per heavy atom. The van der Waals surface area contributed by atoms with Crippen molar-refractivity contribution in [3.63, 3.8) is 0 Å². The first-order valence-corrected chi connectivity index (χ1v) is 8.73. The maximum Gasteiger partial charge on any atom is 0.274 e. The number of aromatic nitrogens is 2. The molecule has 0 unspecified atom stereocenters. The van der Waals surface area contributed by atoms with E-state index in [1.165, 1.54) is 4.68 Å². The van der Waals surface area contributed by atoms with Crippen LogP contribution < -0.4 is 5.32 Å². The molecule has 0 bridgehead atoms. The number of hydrogen-bond acceptors (Lipinski definition) is 3. The van der Waals surface area contributed by atoms with Gasteiger partial charge in [0, 0.05) is 26.7 Å². The van der Waals surface area contributed by atoms with Crippen LogP contribution in [0.2, 0.25) is 5.02 Å². The minimum absolute atomic E-state index is 0.229. The highest BCUT2D eigenvalue weighted by Gasteiger charge is 2.19. The normalized spacial score (nSPS) is 10.5. The van der Waals surface area contributed by atoms with E-state index in [4.69, 9.17) is 11.6 Å². The van der Waals surface area contributed by atoms with Gasteiger partial charge in [0.15, 0.2) is 5.69 Å². The summed E-state index contributed by atoms with van der Waals surface area (Å²) >= 11 is 6.06. The quantitative estimate of drug-likeness (QED) is 0.733. The lowest BCUT2D eigenvalue weighted by Gasteiger charge is -2.15. The van der Waals surface area contributed by atoms with Crippen LogP contribution in [0.1, 0.15) is 26.4 Å². The smallest absolute Gasteiger partial charge is 0.274 e. The van der Waals surface area contributed by atoms with Gasteiger partial charge in [0.25, 0.3) is 11.8 Å². The Bertz CT molecular complexity index is 969. The van der Waals surface area contributed by atoms with Crippen LogP contribution in [0, 0.1) is 0 Å². The first-order valence-electron chi connectivity index (χ1n) is 8.35. The van der Waals surface area contributed by atoms with Crippen molar-refractivity contribution in [2.75, 3.05) is 12.4 Å². The highest BCUT2D eigenvalue weighted by Crippen LogP contribution is 2.18. The van der Waals surface area contributed by atoms with Crippen LogP contribution >= 0.6 is 11.6 Å². The monoisotopic (exact) mass is 382 g/mol. The van der Waals surface area contributed by atoms with Crippen LogP contribution in [0.5, 0.6) is 0 Å². The Morgan fingerprint density at radius 3 is 2.48 bits per heavy atom. The number of hydrogen-bond donors (Lipinski definition) is 1. The summed E-state index contributed by atoms with van der Waals surface area (Å²) in [5, 5.41) is 7.32. The standard InChI is InChI=1S/C20H19ClN4O2/c1-24(13-14-8-4-3-5-9-14)20(27)17-12-18(25(2)23-17)22-19(26)15-10-6-7-11-16(15)21/h3-12H,13H2,1-2H3,(H,22,26). The first kappa shape index (κ1) is 18.7. The second-order valence-corrected chi connectivity index (χ2v) is 6.53. The van der Waals surface area contributed by atoms with Crippen molar-refractivity contribution >= 4 is 29.2 Å². The molecule has 0 fully saturated rings. The molecule has 1 aromatic heterocycles. The van der Waals surface area contributed by atoms with Crippen molar-refractivity contribution in [2.24, 2.45) is 7.05 Å². The van der Waals surface area contributed by atoms with Gasteiger partial charge in [0.05, 0.1) is 10.6 Å². The largest absolute Gasteiger partial charge is 0.336 e. The van der Waals surface area contributed by atoms with E-state index in [1.807, 2.05) is 30.3 Å². The minimum Gasteiger partial charge on any atom is -0.336 e. The number of carbonyl (C=O) groups excluding carboxylic acids is 2. The fraction of sp³-hybridized carbons (Fsp3) is 0.150. The maximum absolute atomic E-state index is 12.6. The summed E-state index contributed by atoms with van der Waals surface area (Å²) in [6, 6.07) is 18.0. The lowest BCUT2D eigenvalue weighted by Crippen LogP contribution is -2.26. The van der Waals surface area contributed by atoms with Crippen molar-refractivity contribution in [3.05, 3.63) is 82.5 Å². The third kappa shape index (κ3) is 4.35. The number of rotatable bonds is 5. The molecule has 0 aliphatic carbocycles. The van der Waals surface area contributed by atoms with Crippen LogP contribution in [0.15, 0.2) is 60.7 Å². The van der Waals surface area contributed by atoms with Gasteiger partial charge in [0.1, 0.15) is 5.82 Å². The topological polar surface area (TPSA) is 67.2 Å². The van der Waals surface area contributed by atoms with Crippen molar-refractivity contribution in [2.45, 2.75) is 6.54 Å². The molecule has 0 saturated heterocycles. The number of carbonyl (C=O) groups is 2. The molecule has 3 rings (SSSR count). The molecule has 2 amide bonds. The van der Waals surface area contributed by atoms with Gasteiger partial charge in [-0.25, -0.2) is 0 Å². The molecule has 0 aliphatic heterocycles. The van der Waals surface area contributed by atoms with E-state index in [2.05, 4.69) is 10.4 Å². The van der Waals surface area contributed by atoms with E-state index in [0.717, 1.165) is 5.56 Å². The molecule has 0 radical (unpaired) electrons. The molecule has 7 heteroatoms. The van der Waals surface area contributed by atoms with E-state index < -0.39 is 0 Å². The molecule has 0 atom stereocenters. The SMILES string of the molecule is CN(Cc1ccccc1)C(=O)c1cc(NC(=O)c2ccccc2Cl)n(C)n1. The number of anilines is 1. The lowest BCUT2D eigenvalue weighted by atomic mass is 10.2. The van der Waals surface area contributed by atoms with Crippen LogP contribution in [0.3, 0.4) is 0 Å². The summed E-state index contributed by atoms with van der Waals surface area (Å²) in [4.78, 5) is 26.6. The molecule has 138 valence electrons. The highest BCUT2D eigenvalue weighted by atomic mass is 35.5. The molecule has 1 N–H and O–H groups in total. The van der Waals surface area contributed by atoms with Gasteiger partial charge >= 0.3 is 0 Å². The number of aryl methyl sites for hydroxylation is 1. The Morgan fingerprint density at radius 2 is 1.78 bits per heavy atom. The minimum atomic E-state index is -0.361. The zero-order valence-electron chi connectivity index (χ0n) is 15.0. The number of halogens is 1. The molecule has 6 nitrogen and oxygen atoms in total. The molecule has 3 aromatic rings. The summed E-state index contributed by atoms with van der Waals surface area (Å²) < 4.78 is 1.46. The first-order chi connectivity index (χ1) is 13.0. The van der Waals surface area contributed by atoms with Gasteiger partial charge in [-0.15, -0.1) is 0 Å². The third-order valence-corrected chi connectivity index (χ3v) is 4.40. The average Bonchev–Trinajstić information content (AvgIpc) is 3.02. The molecule has 2 aromatic carbocycles. The number of nitrogens with one attached hydrogen (secondary N) is 1. The molecule has 1 heterocycles. The summed E-state index contributed by atoms with van der Waals surface area (Å²) in [7, 11) is 3.38. The van der Waals surface area contributed by atoms with Crippen LogP contribution in [0.25, 0.3) is 0 Å². The van der Waals surface area contributed by atoms with Gasteiger partial charge in [-0.2, -0.15) is 5.10 Å². The molecule has 27 heavy (non-hydrogen) atoms. The molecule has 0 saturated carbocycles. The van der Waals surface area contributed by atoms with Crippen molar-refractivity contribution in [1.29, 1.82) is 0 Å². The second kappa shape index (κ2) is 8.05. The average molecular weight is 383 g/mol. The zero-order chi connectivity index (χ0) is 19.4. The number of amides is 2. The second-order valence-electron chi connectivity index (χ2n) is 6.12. The molecule has 0 spiro atoms. The van der Waals surface area contributed by atoms with Gasteiger partial charge in [-0.3, -0.25) is 14.3 Å². The Balaban J connectivity index is 1.73. The highest BCUT2D eigenvalue weighted by molar-refractivity contribution is 6.34. The number of benzene rings is 2. The molecular weight excluding hydrogens is 364 g/mol. The third-order valence-electron chi connectivity index (χ3n) is 4.07. The predicted molar refractivity (Wildman–Crippen MR) is 105 cm³/mol. The van der Waals surface area contributed by atoms with E-state index >= 15 is 0 Å². The van der Waals surface area contributed by atoms with Gasteiger partial charge in [-0.05, 0) is 17.7 Å². The van der Waals surface area contributed by atoms with Crippen molar-refractivity contribution < 1.29 is 9.59 Å². The lowest BCUT2D eigenvalue weighted by molar-refractivity contribution is 0.0778. The Labute approximate surface area is 162 Å². The predicted octanol–water partition coefficient (Wildman–Crippen LogP) is 3.60. The fourth-order valence-corrected chi connectivity index (χ4v) is 2.86. The Hall–Kier alpha value is -3.12. The maximum atomic E-state index is 12.6. The van der Waals surface area contributed by atoms with Gasteiger partial charge in [0.2, 0.25) is 0 Å². The fourth-order valence-electron chi connectivity index (χ4n) is 2.64. The van der Waals surface area contributed by atoms with Gasteiger partial charge < -0.3 is 10.2 Å². The molecule has 0 aliphatic rings.